The zero-order valence-corrected chi connectivity index (χ0v) is 17.6. The van der Waals surface area contributed by atoms with Gasteiger partial charge in [0.15, 0.2) is 5.82 Å². The Morgan fingerprint density at radius 2 is 2.07 bits per heavy atom. The van der Waals surface area contributed by atoms with Gasteiger partial charge in [0.25, 0.3) is 5.89 Å². The molecule has 1 amide bonds. The van der Waals surface area contributed by atoms with Crippen LogP contribution < -0.4 is 0 Å². The van der Waals surface area contributed by atoms with E-state index in [1.54, 1.807) is 13.1 Å². The number of aromatic nitrogens is 2. The first kappa shape index (κ1) is 21.3. The van der Waals surface area contributed by atoms with E-state index in [1.165, 1.54) is 11.2 Å². The molecule has 0 aromatic carbocycles. The van der Waals surface area contributed by atoms with Gasteiger partial charge in [-0.3, -0.25) is 0 Å². The number of aliphatic hydroxyl groups is 1. The summed E-state index contributed by atoms with van der Waals surface area (Å²) in [5, 5.41) is 15.0. The van der Waals surface area contributed by atoms with Gasteiger partial charge in [-0.1, -0.05) is 5.16 Å². The third kappa shape index (κ3) is 4.97. The fourth-order valence-corrected chi connectivity index (χ4v) is 3.14. The molecular weight excluding hydrogens is 378 g/mol. The van der Waals surface area contributed by atoms with Gasteiger partial charge >= 0.3 is 6.09 Å². The van der Waals surface area contributed by atoms with Gasteiger partial charge in [0.2, 0.25) is 0 Å². The van der Waals surface area contributed by atoms with E-state index in [4.69, 9.17) is 18.4 Å². The molecular formula is C20H29N3O6. The highest BCUT2D eigenvalue weighted by molar-refractivity contribution is 5.68. The molecule has 0 spiro atoms. The Bertz CT molecular complexity index is 831. The Labute approximate surface area is 170 Å². The van der Waals surface area contributed by atoms with Crippen LogP contribution in [-0.4, -0.2) is 58.1 Å². The van der Waals surface area contributed by atoms with E-state index in [0.29, 0.717) is 49.6 Å². The molecule has 1 aliphatic heterocycles. The third-order valence-electron chi connectivity index (χ3n) is 4.93. The van der Waals surface area contributed by atoms with Crippen LogP contribution in [0.4, 0.5) is 4.79 Å². The number of furan rings is 1. The second-order valence-electron chi connectivity index (χ2n) is 8.47. The normalized spacial score (nSPS) is 17.7. The minimum Gasteiger partial charge on any atom is -0.465 e. The molecule has 2 aromatic rings. The predicted molar refractivity (Wildman–Crippen MR) is 103 cm³/mol. The monoisotopic (exact) mass is 407 g/mol. The maximum atomic E-state index is 12.2. The molecule has 1 N–H and O–H groups in total. The summed E-state index contributed by atoms with van der Waals surface area (Å²) in [4.78, 5) is 18.2. The van der Waals surface area contributed by atoms with Crippen LogP contribution in [0.15, 0.2) is 21.3 Å². The van der Waals surface area contributed by atoms with Crippen LogP contribution in [0, 0.1) is 0 Å². The first-order chi connectivity index (χ1) is 13.6. The van der Waals surface area contributed by atoms with E-state index in [1.807, 2.05) is 27.7 Å². The fraction of sp³-hybridized carbons (Fsp3) is 0.650. The topological polar surface area (TPSA) is 111 Å². The van der Waals surface area contributed by atoms with E-state index in [2.05, 4.69) is 10.1 Å². The van der Waals surface area contributed by atoms with Gasteiger partial charge in [-0.15, -0.1) is 0 Å². The van der Waals surface area contributed by atoms with E-state index in [9.17, 15) is 9.90 Å². The zero-order valence-electron chi connectivity index (χ0n) is 17.6. The molecule has 1 saturated heterocycles. The van der Waals surface area contributed by atoms with Gasteiger partial charge in [0.1, 0.15) is 17.0 Å². The fourth-order valence-electron chi connectivity index (χ4n) is 3.14. The molecule has 0 bridgehead atoms. The number of likely N-dealkylation sites (N-methyl/N-ethyl adjacent to an activating group) is 1. The van der Waals surface area contributed by atoms with Gasteiger partial charge in [0, 0.05) is 45.6 Å². The van der Waals surface area contributed by atoms with Crippen molar-refractivity contribution in [3.8, 4) is 11.5 Å². The van der Waals surface area contributed by atoms with Crippen molar-refractivity contribution < 1.29 is 28.3 Å². The zero-order chi connectivity index (χ0) is 21.2. The lowest BCUT2D eigenvalue weighted by atomic mass is 9.89. The van der Waals surface area contributed by atoms with Crippen LogP contribution in [0.3, 0.4) is 0 Å². The van der Waals surface area contributed by atoms with E-state index in [-0.39, 0.29) is 11.9 Å². The van der Waals surface area contributed by atoms with Crippen LogP contribution >= 0.6 is 0 Å². The van der Waals surface area contributed by atoms with Gasteiger partial charge in [-0.2, -0.15) is 4.98 Å². The molecule has 0 saturated carbocycles. The minimum atomic E-state index is -1.12. The Hall–Kier alpha value is -2.39. The Kier molecular flexibility index (Phi) is 6.00. The highest BCUT2D eigenvalue weighted by Crippen LogP contribution is 2.38. The van der Waals surface area contributed by atoms with Crippen LogP contribution in [0.25, 0.3) is 11.5 Å². The molecule has 0 radical (unpaired) electrons. The number of hydrogen-bond acceptors (Lipinski definition) is 8. The van der Waals surface area contributed by atoms with Gasteiger partial charge in [-0.25, -0.2) is 4.79 Å². The minimum absolute atomic E-state index is 0.196. The number of amides is 1. The lowest BCUT2D eigenvalue weighted by Crippen LogP contribution is -2.40. The van der Waals surface area contributed by atoms with Crippen molar-refractivity contribution in [1.82, 2.24) is 15.0 Å². The van der Waals surface area contributed by atoms with Crippen molar-refractivity contribution in [2.75, 3.05) is 20.3 Å². The highest BCUT2D eigenvalue weighted by atomic mass is 16.6. The number of nitrogens with zero attached hydrogens (tertiary/aromatic N) is 3. The average Bonchev–Trinajstić information content (AvgIpc) is 3.29. The van der Waals surface area contributed by atoms with Crippen LogP contribution in [-0.2, 0) is 21.5 Å². The highest BCUT2D eigenvalue weighted by Gasteiger charge is 2.38. The van der Waals surface area contributed by atoms with Gasteiger partial charge in [0.05, 0.1) is 11.8 Å². The summed E-state index contributed by atoms with van der Waals surface area (Å²) in [5.74, 6) is 1.14. The van der Waals surface area contributed by atoms with Gasteiger partial charge < -0.3 is 28.4 Å². The van der Waals surface area contributed by atoms with Crippen LogP contribution in [0.5, 0.6) is 0 Å². The van der Waals surface area contributed by atoms with Crippen molar-refractivity contribution in [2.45, 2.75) is 64.2 Å². The summed E-state index contributed by atoms with van der Waals surface area (Å²) in [6.45, 7) is 8.27. The second kappa shape index (κ2) is 8.16. The number of ether oxygens (including phenoxy) is 2. The van der Waals surface area contributed by atoms with E-state index < -0.39 is 17.3 Å². The first-order valence-electron chi connectivity index (χ1n) is 9.76. The lowest BCUT2D eigenvalue weighted by Gasteiger charge is -2.30. The van der Waals surface area contributed by atoms with Crippen LogP contribution in [0.2, 0.25) is 0 Å². The number of hydrogen-bond donors (Lipinski definition) is 1. The molecule has 1 atom stereocenters. The summed E-state index contributed by atoms with van der Waals surface area (Å²) in [7, 11) is 1.68. The summed E-state index contributed by atoms with van der Waals surface area (Å²) in [6, 6.07) is 1.51. The summed E-state index contributed by atoms with van der Waals surface area (Å²) >= 11 is 0. The molecule has 9 nitrogen and oxygen atoms in total. The van der Waals surface area contributed by atoms with Crippen molar-refractivity contribution >= 4 is 6.09 Å². The molecule has 9 heteroatoms. The largest absolute Gasteiger partial charge is 0.465 e. The molecule has 1 fully saturated rings. The SMILES string of the molecule is C[C@@H](Cc1noc(-c2ccoc2C2(O)CCOCC2)n1)N(C)C(=O)OC(C)(C)C. The maximum absolute atomic E-state index is 12.2. The third-order valence-corrected chi connectivity index (χ3v) is 4.93. The Morgan fingerprint density at radius 3 is 2.72 bits per heavy atom. The summed E-state index contributed by atoms with van der Waals surface area (Å²) in [5.41, 5.74) is -1.11. The molecule has 0 aliphatic carbocycles. The molecule has 29 heavy (non-hydrogen) atoms. The maximum Gasteiger partial charge on any atom is 0.410 e. The van der Waals surface area contributed by atoms with Crippen molar-refractivity contribution in [3.63, 3.8) is 0 Å². The first-order valence-corrected chi connectivity index (χ1v) is 9.76. The summed E-state index contributed by atoms with van der Waals surface area (Å²) < 4.78 is 21.7. The quantitative estimate of drug-likeness (QED) is 0.805. The average molecular weight is 407 g/mol. The Balaban J connectivity index is 1.70. The van der Waals surface area contributed by atoms with E-state index >= 15 is 0 Å². The second-order valence-corrected chi connectivity index (χ2v) is 8.47. The van der Waals surface area contributed by atoms with Crippen molar-refractivity contribution in [2.24, 2.45) is 0 Å². The van der Waals surface area contributed by atoms with E-state index in [0.717, 1.165) is 0 Å². The predicted octanol–water partition coefficient (Wildman–Crippen LogP) is 3.13. The lowest BCUT2D eigenvalue weighted by molar-refractivity contribution is -0.0797. The molecule has 2 aromatic heterocycles. The van der Waals surface area contributed by atoms with Crippen LogP contribution in [0.1, 0.15) is 52.1 Å². The molecule has 1 aliphatic rings. The smallest absolute Gasteiger partial charge is 0.410 e. The number of carbonyl (C=O) groups excluding carboxylic acids is 1. The number of rotatable bonds is 5. The Morgan fingerprint density at radius 1 is 1.38 bits per heavy atom. The van der Waals surface area contributed by atoms with Gasteiger partial charge in [-0.05, 0) is 33.8 Å². The van der Waals surface area contributed by atoms with Crippen molar-refractivity contribution in [1.29, 1.82) is 0 Å². The standard InChI is InChI=1S/C20H29N3O6/c1-13(23(5)18(24)28-19(2,3)4)12-15-21-17(29-22-15)14-6-9-27-16(14)20(25)7-10-26-11-8-20/h6,9,13,25H,7-8,10-12H2,1-5H3/t13-/m0/s1. The number of carbonyl (C=O) groups is 1. The molecule has 3 heterocycles. The molecule has 0 unspecified atom stereocenters. The molecule has 160 valence electrons. The summed E-state index contributed by atoms with van der Waals surface area (Å²) in [6.07, 6.45) is 2.36. The molecule has 3 rings (SSSR count). The van der Waals surface area contributed by atoms with Crippen molar-refractivity contribution in [3.05, 3.63) is 23.9 Å².